The average molecular weight is 338 g/mol. The van der Waals surface area contributed by atoms with Crippen molar-refractivity contribution in [1.82, 2.24) is 10.6 Å². The van der Waals surface area contributed by atoms with Crippen molar-refractivity contribution in [2.75, 3.05) is 13.2 Å². The smallest absolute Gasteiger partial charge is 0.241 e. The second kappa shape index (κ2) is 7.15. The van der Waals surface area contributed by atoms with E-state index >= 15 is 0 Å². The number of hydrogen-bond acceptors (Lipinski definition) is 4. The Balaban J connectivity index is 1.41. The summed E-state index contributed by atoms with van der Waals surface area (Å²) in [5.41, 5.74) is 0.956. The zero-order chi connectivity index (χ0) is 17.1. The van der Waals surface area contributed by atoms with Crippen molar-refractivity contribution < 1.29 is 14.3 Å². The number of carbonyl (C=O) groups excluding carboxylic acids is 1. The molecule has 1 aliphatic heterocycles. The third-order valence-electron chi connectivity index (χ3n) is 4.44. The Morgan fingerprint density at radius 2 is 1.76 bits per heavy atom. The van der Waals surface area contributed by atoms with E-state index in [1.54, 1.807) is 0 Å². The Bertz CT molecular complexity index is 731. The van der Waals surface area contributed by atoms with Crippen LogP contribution in [0.5, 0.6) is 11.5 Å². The van der Waals surface area contributed by atoms with Crippen LogP contribution in [0.25, 0.3) is 0 Å². The molecule has 1 amide bonds. The van der Waals surface area contributed by atoms with Gasteiger partial charge in [0.2, 0.25) is 5.91 Å². The molecule has 130 valence electrons. The summed E-state index contributed by atoms with van der Waals surface area (Å²) < 4.78 is 11.7. The van der Waals surface area contributed by atoms with E-state index in [0.29, 0.717) is 19.2 Å². The number of nitrogens with one attached hydrogen (secondary N) is 2. The van der Waals surface area contributed by atoms with E-state index in [-0.39, 0.29) is 18.1 Å². The van der Waals surface area contributed by atoms with Crippen molar-refractivity contribution in [3.8, 4) is 11.5 Å². The minimum Gasteiger partial charge on any atom is -0.486 e. The highest BCUT2D eigenvalue weighted by atomic mass is 16.6. The van der Waals surface area contributed by atoms with E-state index in [4.69, 9.17) is 9.47 Å². The maximum absolute atomic E-state index is 12.6. The third kappa shape index (κ3) is 3.94. The van der Waals surface area contributed by atoms with E-state index in [2.05, 4.69) is 10.6 Å². The molecule has 4 rings (SSSR count). The number of carbonyl (C=O) groups is 1. The molecule has 1 saturated carbocycles. The molecule has 1 fully saturated rings. The van der Waals surface area contributed by atoms with Crippen LogP contribution in [-0.4, -0.2) is 31.2 Å². The number of benzene rings is 2. The van der Waals surface area contributed by atoms with Crippen molar-refractivity contribution in [1.29, 1.82) is 0 Å². The van der Waals surface area contributed by atoms with Crippen LogP contribution in [-0.2, 0) is 4.79 Å². The number of fused-ring (bicyclic) bond motifs is 1. The lowest BCUT2D eigenvalue weighted by atomic mass is 10.1. The molecule has 0 aromatic heterocycles. The number of hydrogen-bond donors (Lipinski definition) is 2. The second-order valence-electron chi connectivity index (χ2n) is 6.53. The fraction of sp³-hybridized carbons (Fsp3) is 0.350. The van der Waals surface area contributed by atoms with Crippen molar-refractivity contribution in [2.45, 2.75) is 31.0 Å². The SMILES string of the molecule is O=C(NC1CC1)[C@@H](NC[C@H]1COc2ccccc2O1)c1ccccc1. The van der Waals surface area contributed by atoms with Crippen molar-refractivity contribution in [3.63, 3.8) is 0 Å². The molecule has 0 unspecified atom stereocenters. The molecule has 2 aromatic rings. The summed E-state index contributed by atoms with van der Waals surface area (Å²) in [6.45, 7) is 1.00. The highest BCUT2D eigenvalue weighted by Gasteiger charge is 2.29. The third-order valence-corrected chi connectivity index (χ3v) is 4.44. The quantitative estimate of drug-likeness (QED) is 0.849. The van der Waals surface area contributed by atoms with Crippen LogP contribution >= 0.6 is 0 Å². The van der Waals surface area contributed by atoms with Gasteiger partial charge in [0.15, 0.2) is 11.5 Å². The molecule has 0 saturated heterocycles. The Hall–Kier alpha value is -2.53. The van der Waals surface area contributed by atoms with Crippen LogP contribution in [0.2, 0.25) is 0 Å². The molecule has 2 N–H and O–H groups in total. The van der Waals surface area contributed by atoms with Crippen LogP contribution < -0.4 is 20.1 Å². The molecule has 0 spiro atoms. The highest BCUT2D eigenvalue weighted by Crippen LogP contribution is 2.31. The van der Waals surface area contributed by atoms with Crippen LogP contribution in [0.4, 0.5) is 0 Å². The average Bonchev–Trinajstić information content (AvgIpc) is 3.46. The predicted molar refractivity (Wildman–Crippen MR) is 94.7 cm³/mol. The lowest BCUT2D eigenvalue weighted by Crippen LogP contribution is -2.44. The van der Waals surface area contributed by atoms with E-state index in [0.717, 1.165) is 29.9 Å². The monoisotopic (exact) mass is 338 g/mol. The van der Waals surface area contributed by atoms with Gasteiger partial charge in [0.25, 0.3) is 0 Å². The van der Waals surface area contributed by atoms with Crippen LogP contribution in [0.15, 0.2) is 54.6 Å². The van der Waals surface area contributed by atoms with Gasteiger partial charge in [-0.3, -0.25) is 10.1 Å². The molecule has 2 aromatic carbocycles. The topological polar surface area (TPSA) is 59.6 Å². The van der Waals surface area contributed by atoms with Crippen LogP contribution in [0, 0.1) is 0 Å². The van der Waals surface area contributed by atoms with E-state index in [1.807, 2.05) is 54.6 Å². The van der Waals surface area contributed by atoms with Gasteiger partial charge in [-0.2, -0.15) is 0 Å². The van der Waals surface area contributed by atoms with Gasteiger partial charge in [0.05, 0.1) is 0 Å². The van der Waals surface area contributed by atoms with Crippen LogP contribution in [0.3, 0.4) is 0 Å². The minimum atomic E-state index is -0.387. The fourth-order valence-electron chi connectivity index (χ4n) is 2.93. The Morgan fingerprint density at radius 1 is 1.04 bits per heavy atom. The van der Waals surface area contributed by atoms with Gasteiger partial charge in [-0.15, -0.1) is 0 Å². The molecule has 2 atom stereocenters. The van der Waals surface area contributed by atoms with Gasteiger partial charge >= 0.3 is 0 Å². The summed E-state index contributed by atoms with van der Waals surface area (Å²) in [5.74, 6) is 1.54. The van der Waals surface area contributed by atoms with Gasteiger partial charge in [-0.25, -0.2) is 0 Å². The van der Waals surface area contributed by atoms with Gasteiger partial charge in [-0.1, -0.05) is 42.5 Å². The van der Waals surface area contributed by atoms with Crippen molar-refractivity contribution in [3.05, 3.63) is 60.2 Å². The molecular formula is C20H22N2O3. The molecule has 5 nitrogen and oxygen atoms in total. The Labute approximate surface area is 147 Å². The second-order valence-corrected chi connectivity index (χ2v) is 6.53. The first-order chi connectivity index (χ1) is 12.3. The molecular weight excluding hydrogens is 316 g/mol. The summed E-state index contributed by atoms with van der Waals surface area (Å²) in [4.78, 5) is 12.6. The maximum Gasteiger partial charge on any atom is 0.241 e. The van der Waals surface area contributed by atoms with Crippen molar-refractivity contribution >= 4 is 5.91 Å². The first-order valence-electron chi connectivity index (χ1n) is 8.77. The Kier molecular flexibility index (Phi) is 4.57. The van der Waals surface area contributed by atoms with Crippen LogP contribution in [0.1, 0.15) is 24.4 Å². The molecule has 2 aliphatic rings. The van der Waals surface area contributed by atoms with E-state index in [1.165, 1.54) is 0 Å². The zero-order valence-corrected chi connectivity index (χ0v) is 14.0. The summed E-state index contributed by atoms with van der Waals surface area (Å²) in [7, 11) is 0. The molecule has 1 heterocycles. The summed E-state index contributed by atoms with van der Waals surface area (Å²) in [6.07, 6.45) is 2.02. The molecule has 5 heteroatoms. The van der Waals surface area contributed by atoms with Gasteiger partial charge in [0, 0.05) is 12.6 Å². The lowest BCUT2D eigenvalue weighted by Gasteiger charge is -2.28. The first kappa shape index (κ1) is 16.0. The lowest BCUT2D eigenvalue weighted by molar-refractivity contribution is -0.123. The highest BCUT2D eigenvalue weighted by molar-refractivity contribution is 5.83. The summed E-state index contributed by atoms with van der Waals surface area (Å²) >= 11 is 0. The number of ether oxygens (including phenoxy) is 2. The molecule has 0 bridgehead atoms. The van der Waals surface area contributed by atoms with Gasteiger partial charge < -0.3 is 14.8 Å². The largest absolute Gasteiger partial charge is 0.486 e. The van der Waals surface area contributed by atoms with Gasteiger partial charge in [-0.05, 0) is 30.5 Å². The predicted octanol–water partition coefficient (Wildman–Crippen LogP) is 2.44. The van der Waals surface area contributed by atoms with E-state index in [9.17, 15) is 4.79 Å². The molecule has 1 aliphatic carbocycles. The molecule has 0 radical (unpaired) electrons. The number of rotatable bonds is 6. The zero-order valence-electron chi connectivity index (χ0n) is 14.0. The number of amides is 1. The van der Waals surface area contributed by atoms with Gasteiger partial charge in [0.1, 0.15) is 18.8 Å². The minimum absolute atomic E-state index is 0.0193. The Morgan fingerprint density at radius 3 is 2.52 bits per heavy atom. The molecule has 25 heavy (non-hydrogen) atoms. The standard InChI is InChI=1S/C20H22N2O3/c23-20(22-15-10-11-15)19(14-6-2-1-3-7-14)21-12-16-13-24-17-8-4-5-9-18(17)25-16/h1-9,15-16,19,21H,10-13H2,(H,22,23)/t16-,19-/m0/s1. The fourth-order valence-corrected chi connectivity index (χ4v) is 2.93. The normalized spacial score (nSPS) is 19.9. The van der Waals surface area contributed by atoms with E-state index < -0.39 is 0 Å². The maximum atomic E-state index is 12.6. The van der Waals surface area contributed by atoms with Crippen molar-refractivity contribution in [2.24, 2.45) is 0 Å². The summed E-state index contributed by atoms with van der Waals surface area (Å²) in [6, 6.07) is 17.4. The number of para-hydroxylation sites is 2. The summed E-state index contributed by atoms with van der Waals surface area (Å²) in [5, 5.41) is 6.43. The first-order valence-corrected chi connectivity index (χ1v) is 8.77.